The van der Waals surface area contributed by atoms with E-state index in [1.54, 1.807) is 0 Å². The van der Waals surface area contributed by atoms with Crippen molar-refractivity contribution in [2.75, 3.05) is 11.5 Å². The largest absolute Gasteiger partial charge is 0.399 e. The van der Waals surface area contributed by atoms with Crippen LogP contribution >= 0.6 is 0 Å². The second-order valence-electron chi connectivity index (χ2n) is 4.95. The first-order valence-corrected chi connectivity index (χ1v) is 8.14. The van der Waals surface area contributed by atoms with E-state index in [1.807, 2.05) is 25.1 Å². The van der Waals surface area contributed by atoms with Gasteiger partial charge in [0.05, 0.1) is 10.8 Å². The van der Waals surface area contributed by atoms with Gasteiger partial charge in [0.2, 0.25) is 0 Å². The quantitative estimate of drug-likeness (QED) is 0.761. The standard InChI is InChI=1S/C15H25NOS/c1-4-6-7-13(5-2)11-18(17)15-10-14(16)9-8-12(15)3/h8-10,13H,4-7,11,16H2,1-3H3. The molecule has 2 unspecified atom stereocenters. The summed E-state index contributed by atoms with van der Waals surface area (Å²) in [7, 11) is -0.919. The van der Waals surface area contributed by atoms with Gasteiger partial charge in [-0.2, -0.15) is 0 Å². The zero-order valence-corrected chi connectivity index (χ0v) is 12.6. The number of hydrogen-bond donors (Lipinski definition) is 1. The maximum atomic E-state index is 12.4. The highest BCUT2D eigenvalue weighted by molar-refractivity contribution is 7.85. The molecule has 0 bridgehead atoms. The second kappa shape index (κ2) is 7.57. The molecule has 0 aliphatic heterocycles. The Balaban J connectivity index is 2.71. The van der Waals surface area contributed by atoms with E-state index < -0.39 is 10.8 Å². The Morgan fingerprint density at radius 2 is 2.06 bits per heavy atom. The molecular weight excluding hydrogens is 242 g/mol. The fraction of sp³-hybridized carbons (Fsp3) is 0.600. The van der Waals surface area contributed by atoms with Crippen molar-refractivity contribution >= 4 is 16.5 Å². The Hall–Kier alpha value is -0.830. The number of rotatable bonds is 7. The van der Waals surface area contributed by atoms with Crippen molar-refractivity contribution in [3.63, 3.8) is 0 Å². The van der Waals surface area contributed by atoms with Crippen LogP contribution in [0.3, 0.4) is 0 Å². The molecule has 0 aliphatic rings. The molecule has 1 aromatic carbocycles. The van der Waals surface area contributed by atoms with Gasteiger partial charge in [-0.1, -0.05) is 39.2 Å². The van der Waals surface area contributed by atoms with Gasteiger partial charge in [-0.05, 0) is 37.0 Å². The molecular formula is C15H25NOS. The third kappa shape index (κ3) is 4.45. The van der Waals surface area contributed by atoms with Gasteiger partial charge >= 0.3 is 0 Å². The van der Waals surface area contributed by atoms with E-state index in [9.17, 15) is 4.21 Å². The van der Waals surface area contributed by atoms with Crippen LogP contribution in [0.25, 0.3) is 0 Å². The van der Waals surface area contributed by atoms with Crippen LogP contribution in [-0.4, -0.2) is 9.96 Å². The summed E-state index contributed by atoms with van der Waals surface area (Å²) in [5.41, 5.74) is 7.55. The van der Waals surface area contributed by atoms with Gasteiger partial charge in [0.25, 0.3) is 0 Å². The topological polar surface area (TPSA) is 43.1 Å². The predicted molar refractivity (Wildman–Crippen MR) is 80.2 cm³/mol. The van der Waals surface area contributed by atoms with Crippen LogP contribution in [-0.2, 0) is 10.8 Å². The number of benzene rings is 1. The van der Waals surface area contributed by atoms with Crippen molar-refractivity contribution in [1.82, 2.24) is 0 Å². The highest BCUT2D eigenvalue weighted by atomic mass is 32.2. The SMILES string of the molecule is CCCCC(CC)CS(=O)c1cc(N)ccc1C. The van der Waals surface area contributed by atoms with Crippen LogP contribution in [0, 0.1) is 12.8 Å². The molecule has 0 radical (unpaired) electrons. The third-order valence-electron chi connectivity index (χ3n) is 3.39. The number of nitrogen functional groups attached to an aromatic ring is 1. The molecule has 0 fully saturated rings. The monoisotopic (exact) mass is 267 g/mol. The van der Waals surface area contributed by atoms with Gasteiger partial charge in [-0.15, -0.1) is 0 Å². The number of anilines is 1. The van der Waals surface area contributed by atoms with Gasteiger partial charge < -0.3 is 5.73 Å². The molecule has 1 aromatic rings. The molecule has 1 rings (SSSR count). The Bertz CT molecular complexity index is 403. The molecule has 0 heterocycles. The average Bonchev–Trinajstić information content (AvgIpc) is 2.37. The number of hydrogen-bond acceptors (Lipinski definition) is 2. The first-order valence-electron chi connectivity index (χ1n) is 6.83. The average molecular weight is 267 g/mol. The van der Waals surface area contributed by atoms with E-state index in [4.69, 9.17) is 5.73 Å². The lowest BCUT2D eigenvalue weighted by molar-refractivity contribution is 0.494. The highest BCUT2D eigenvalue weighted by Crippen LogP contribution is 2.21. The maximum absolute atomic E-state index is 12.4. The van der Waals surface area contributed by atoms with Crippen LogP contribution in [0.5, 0.6) is 0 Å². The van der Waals surface area contributed by atoms with Gasteiger partial charge in [-0.25, -0.2) is 0 Å². The zero-order valence-electron chi connectivity index (χ0n) is 11.7. The summed E-state index contributed by atoms with van der Waals surface area (Å²) in [4.78, 5) is 0.907. The van der Waals surface area contributed by atoms with Crippen molar-refractivity contribution in [2.24, 2.45) is 5.92 Å². The summed E-state index contributed by atoms with van der Waals surface area (Å²) in [6.45, 7) is 6.38. The molecule has 0 aromatic heterocycles. The fourth-order valence-corrected chi connectivity index (χ4v) is 3.77. The number of unbranched alkanes of at least 4 members (excludes halogenated alkanes) is 1. The van der Waals surface area contributed by atoms with Gasteiger partial charge in [-0.3, -0.25) is 4.21 Å². The summed E-state index contributed by atoms with van der Waals surface area (Å²) in [6.07, 6.45) is 4.72. The van der Waals surface area contributed by atoms with Crippen LogP contribution in [0.2, 0.25) is 0 Å². The summed E-state index contributed by atoms with van der Waals surface area (Å²) in [5.74, 6) is 1.33. The van der Waals surface area contributed by atoms with Crippen molar-refractivity contribution in [2.45, 2.75) is 51.3 Å². The summed E-state index contributed by atoms with van der Waals surface area (Å²) >= 11 is 0. The third-order valence-corrected chi connectivity index (χ3v) is 5.09. The Morgan fingerprint density at radius 3 is 2.67 bits per heavy atom. The van der Waals surface area contributed by atoms with Crippen LogP contribution in [0.1, 0.15) is 45.1 Å². The molecule has 0 spiro atoms. The lowest BCUT2D eigenvalue weighted by Gasteiger charge is -2.15. The lowest BCUT2D eigenvalue weighted by Crippen LogP contribution is -2.12. The van der Waals surface area contributed by atoms with E-state index in [0.29, 0.717) is 11.6 Å². The molecule has 2 atom stereocenters. The molecule has 0 saturated carbocycles. The second-order valence-corrected chi connectivity index (χ2v) is 6.42. The fourth-order valence-electron chi connectivity index (χ4n) is 2.06. The van der Waals surface area contributed by atoms with Crippen molar-refractivity contribution in [1.29, 1.82) is 0 Å². The minimum atomic E-state index is -0.919. The molecule has 2 nitrogen and oxygen atoms in total. The van der Waals surface area contributed by atoms with Crippen molar-refractivity contribution in [3.8, 4) is 0 Å². The molecule has 2 N–H and O–H groups in total. The van der Waals surface area contributed by atoms with Gasteiger partial charge in [0, 0.05) is 16.3 Å². The van der Waals surface area contributed by atoms with E-state index in [-0.39, 0.29) is 0 Å². The normalized spacial score (nSPS) is 14.4. The first-order chi connectivity index (χ1) is 8.58. The van der Waals surface area contributed by atoms with Gasteiger partial charge in [0.15, 0.2) is 0 Å². The molecule has 0 saturated heterocycles. The molecule has 0 aliphatic carbocycles. The van der Waals surface area contributed by atoms with E-state index in [1.165, 1.54) is 19.3 Å². The van der Waals surface area contributed by atoms with Crippen LogP contribution < -0.4 is 5.73 Å². The van der Waals surface area contributed by atoms with Crippen molar-refractivity contribution in [3.05, 3.63) is 23.8 Å². The van der Waals surface area contributed by atoms with Crippen LogP contribution in [0.4, 0.5) is 5.69 Å². The molecule has 0 amide bonds. The molecule has 102 valence electrons. The summed E-state index contributed by atoms with van der Waals surface area (Å²) in [5, 5.41) is 0. The van der Waals surface area contributed by atoms with Crippen LogP contribution in [0.15, 0.2) is 23.1 Å². The van der Waals surface area contributed by atoms with E-state index in [2.05, 4.69) is 13.8 Å². The molecule has 18 heavy (non-hydrogen) atoms. The molecule has 3 heteroatoms. The highest BCUT2D eigenvalue weighted by Gasteiger charge is 2.14. The van der Waals surface area contributed by atoms with Crippen molar-refractivity contribution < 1.29 is 4.21 Å². The summed E-state index contributed by atoms with van der Waals surface area (Å²) in [6, 6.07) is 5.68. The Labute approximate surface area is 113 Å². The number of nitrogens with two attached hydrogens (primary N) is 1. The lowest BCUT2D eigenvalue weighted by atomic mass is 10.0. The predicted octanol–water partition coefficient (Wildman–Crippen LogP) is 3.90. The minimum Gasteiger partial charge on any atom is -0.399 e. The Morgan fingerprint density at radius 1 is 1.33 bits per heavy atom. The maximum Gasteiger partial charge on any atom is 0.0535 e. The zero-order chi connectivity index (χ0) is 13.5. The van der Waals surface area contributed by atoms with E-state index in [0.717, 1.165) is 22.6 Å². The summed E-state index contributed by atoms with van der Waals surface area (Å²) < 4.78 is 12.4. The van der Waals surface area contributed by atoms with E-state index >= 15 is 0 Å². The first kappa shape index (κ1) is 15.2. The number of aryl methyl sites for hydroxylation is 1. The Kier molecular flexibility index (Phi) is 6.41. The van der Waals surface area contributed by atoms with Gasteiger partial charge in [0.1, 0.15) is 0 Å². The smallest absolute Gasteiger partial charge is 0.0535 e. The minimum absolute atomic E-state index is 0.562.